The van der Waals surface area contributed by atoms with Crippen molar-refractivity contribution in [1.82, 2.24) is 9.88 Å². The molecular formula is C20H27N3O. The molecule has 2 rings (SSSR count). The molecule has 24 heavy (non-hydrogen) atoms. The summed E-state index contributed by atoms with van der Waals surface area (Å²) in [5.41, 5.74) is 2.81. The molecule has 0 aliphatic carbocycles. The van der Waals surface area contributed by atoms with E-state index in [0.29, 0.717) is 5.56 Å². The second kappa shape index (κ2) is 9.83. The van der Waals surface area contributed by atoms with Crippen LogP contribution in [0.2, 0.25) is 0 Å². The Morgan fingerprint density at radius 2 is 1.62 bits per heavy atom. The predicted molar refractivity (Wildman–Crippen MR) is 101 cm³/mol. The summed E-state index contributed by atoms with van der Waals surface area (Å²) in [6.07, 6.45) is 5.11. The lowest BCUT2D eigenvalue weighted by Crippen LogP contribution is -2.30. The Morgan fingerprint density at radius 3 is 2.17 bits per heavy atom. The van der Waals surface area contributed by atoms with Crippen LogP contribution in [0.5, 0.6) is 0 Å². The number of hydrogen-bond acceptors (Lipinski definition) is 4. The molecule has 0 aliphatic heterocycles. The van der Waals surface area contributed by atoms with Crippen LogP contribution < -0.4 is 5.32 Å². The summed E-state index contributed by atoms with van der Waals surface area (Å²) in [6.45, 7) is 8.69. The largest absolute Gasteiger partial charge is 0.369 e. The number of aldehydes is 1. The fourth-order valence-electron chi connectivity index (χ4n) is 2.73. The molecule has 0 bridgehead atoms. The van der Waals surface area contributed by atoms with E-state index in [9.17, 15) is 4.79 Å². The summed E-state index contributed by atoms with van der Waals surface area (Å²) in [4.78, 5) is 17.7. The van der Waals surface area contributed by atoms with E-state index in [0.717, 1.165) is 49.4 Å². The molecule has 0 saturated heterocycles. The summed E-state index contributed by atoms with van der Waals surface area (Å²) in [7, 11) is 0. The molecular weight excluding hydrogens is 298 g/mol. The predicted octanol–water partition coefficient (Wildman–Crippen LogP) is 4.10. The Labute approximate surface area is 144 Å². The molecule has 0 amide bonds. The average Bonchev–Trinajstić information content (AvgIpc) is 2.63. The van der Waals surface area contributed by atoms with Crippen molar-refractivity contribution < 1.29 is 4.79 Å². The van der Waals surface area contributed by atoms with Gasteiger partial charge < -0.3 is 10.2 Å². The van der Waals surface area contributed by atoms with E-state index in [1.807, 2.05) is 36.5 Å². The van der Waals surface area contributed by atoms with Gasteiger partial charge in [0.05, 0.1) is 0 Å². The molecule has 4 heteroatoms. The number of anilines is 1. The van der Waals surface area contributed by atoms with Gasteiger partial charge in [0.2, 0.25) is 0 Å². The first-order valence-corrected chi connectivity index (χ1v) is 8.74. The maximum Gasteiger partial charge on any atom is 0.150 e. The molecule has 128 valence electrons. The molecule has 0 unspecified atom stereocenters. The van der Waals surface area contributed by atoms with Gasteiger partial charge in [-0.2, -0.15) is 0 Å². The average molecular weight is 325 g/mol. The molecule has 0 saturated carbocycles. The SMILES string of the molecule is CCCN(CCC)CCNc1ccc(-c2ccc(C=O)cc2)cn1. The summed E-state index contributed by atoms with van der Waals surface area (Å²) in [5.74, 6) is 0.899. The minimum Gasteiger partial charge on any atom is -0.369 e. The quantitative estimate of drug-likeness (QED) is 0.668. The monoisotopic (exact) mass is 325 g/mol. The van der Waals surface area contributed by atoms with Crippen molar-refractivity contribution in [2.75, 3.05) is 31.5 Å². The first kappa shape index (κ1) is 18.1. The smallest absolute Gasteiger partial charge is 0.150 e. The summed E-state index contributed by atoms with van der Waals surface area (Å²) < 4.78 is 0. The lowest BCUT2D eigenvalue weighted by atomic mass is 10.1. The number of benzene rings is 1. The first-order valence-electron chi connectivity index (χ1n) is 8.74. The molecule has 1 aromatic heterocycles. The molecule has 4 nitrogen and oxygen atoms in total. The molecule has 1 heterocycles. The van der Waals surface area contributed by atoms with Crippen molar-refractivity contribution in [1.29, 1.82) is 0 Å². The van der Waals surface area contributed by atoms with E-state index >= 15 is 0 Å². The van der Waals surface area contributed by atoms with Gasteiger partial charge in [-0.25, -0.2) is 4.98 Å². The Kier molecular flexibility index (Phi) is 7.43. The topological polar surface area (TPSA) is 45.2 Å². The van der Waals surface area contributed by atoms with Crippen LogP contribution >= 0.6 is 0 Å². The molecule has 0 atom stereocenters. The van der Waals surface area contributed by atoms with E-state index in [-0.39, 0.29) is 0 Å². The number of rotatable bonds is 10. The number of hydrogen-bond donors (Lipinski definition) is 1. The van der Waals surface area contributed by atoms with E-state index in [2.05, 4.69) is 35.1 Å². The van der Waals surface area contributed by atoms with Crippen molar-refractivity contribution in [3.05, 3.63) is 48.2 Å². The number of carbonyl (C=O) groups is 1. The minimum absolute atomic E-state index is 0.689. The Bertz CT molecular complexity index is 602. The Morgan fingerprint density at radius 1 is 0.958 bits per heavy atom. The fraction of sp³-hybridized carbons (Fsp3) is 0.400. The fourth-order valence-corrected chi connectivity index (χ4v) is 2.73. The molecule has 0 aliphatic rings. The van der Waals surface area contributed by atoms with Crippen LogP contribution in [0.25, 0.3) is 11.1 Å². The summed E-state index contributed by atoms with van der Waals surface area (Å²) >= 11 is 0. The van der Waals surface area contributed by atoms with E-state index in [4.69, 9.17) is 0 Å². The number of nitrogens with one attached hydrogen (secondary N) is 1. The van der Waals surface area contributed by atoms with Gasteiger partial charge in [0.25, 0.3) is 0 Å². The van der Waals surface area contributed by atoms with Gasteiger partial charge in [-0.15, -0.1) is 0 Å². The highest BCUT2D eigenvalue weighted by Crippen LogP contribution is 2.19. The molecule has 0 spiro atoms. The minimum atomic E-state index is 0.689. The number of pyridine rings is 1. The zero-order chi connectivity index (χ0) is 17.2. The zero-order valence-corrected chi connectivity index (χ0v) is 14.7. The maximum atomic E-state index is 10.7. The van der Waals surface area contributed by atoms with Crippen LogP contribution in [0.4, 0.5) is 5.82 Å². The van der Waals surface area contributed by atoms with Gasteiger partial charge in [-0.05, 0) is 43.6 Å². The number of carbonyl (C=O) groups excluding carboxylic acids is 1. The van der Waals surface area contributed by atoms with Crippen LogP contribution in [0.3, 0.4) is 0 Å². The normalized spacial score (nSPS) is 10.8. The number of nitrogens with zero attached hydrogens (tertiary/aromatic N) is 2. The van der Waals surface area contributed by atoms with Crippen molar-refractivity contribution >= 4 is 12.1 Å². The number of aromatic nitrogens is 1. The first-order chi connectivity index (χ1) is 11.8. The van der Waals surface area contributed by atoms with Crippen LogP contribution in [0.15, 0.2) is 42.6 Å². The summed E-state index contributed by atoms with van der Waals surface area (Å²) in [6, 6.07) is 11.6. The molecule has 0 fully saturated rings. The van der Waals surface area contributed by atoms with Crippen LogP contribution in [0, 0.1) is 0 Å². The van der Waals surface area contributed by atoms with E-state index < -0.39 is 0 Å². The van der Waals surface area contributed by atoms with E-state index in [1.165, 1.54) is 12.8 Å². The van der Waals surface area contributed by atoms with Gasteiger partial charge in [0, 0.05) is 30.4 Å². The molecule has 2 aromatic rings. The molecule has 0 radical (unpaired) electrons. The van der Waals surface area contributed by atoms with Gasteiger partial charge in [0.15, 0.2) is 0 Å². The van der Waals surface area contributed by atoms with Gasteiger partial charge in [-0.3, -0.25) is 4.79 Å². The standard InChI is InChI=1S/C20H27N3O/c1-3-12-23(13-4-2)14-11-21-20-10-9-19(15-22-20)18-7-5-17(16-24)6-8-18/h5-10,15-16H,3-4,11-14H2,1-2H3,(H,21,22). The highest BCUT2D eigenvalue weighted by molar-refractivity contribution is 5.76. The van der Waals surface area contributed by atoms with Gasteiger partial charge >= 0.3 is 0 Å². The van der Waals surface area contributed by atoms with Gasteiger partial charge in [-0.1, -0.05) is 38.1 Å². The van der Waals surface area contributed by atoms with Crippen molar-refractivity contribution in [3.63, 3.8) is 0 Å². The lowest BCUT2D eigenvalue weighted by Gasteiger charge is -2.21. The van der Waals surface area contributed by atoms with Gasteiger partial charge in [0.1, 0.15) is 12.1 Å². The Balaban J connectivity index is 1.88. The van der Waals surface area contributed by atoms with Crippen molar-refractivity contribution in [2.45, 2.75) is 26.7 Å². The highest BCUT2D eigenvalue weighted by atomic mass is 16.1. The van der Waals surface area contributed by atoms with Crippen LogP contribution in [-0.4, -0.2) is 42.3 Å². The van der Waals surface area contributed by atoms with Crippen molar-refractivity contribution in [3.8, 4) is 11.1 Å². The second-order valence-corrected chi connectivity index (χ2v) is 5.94. The lowest BCUT2D eigenvalue weighted by molar-refractivity contribution is 0.112. The summed E-state index contributed by atoms with van der Waals surface area (Å²) in [5, 5.41) is 3.39. The second-order valence-electron chi connectivity index (χ2n) is 5.94. The third-order valence-corrected chi connectivity index (χ3v) is 3.96. The molecule has 1 aromatic carbocycles. The van der Waals surface area contributed by atoms with E-state index in [1.54, 1.807) is 0 Å². The highest BCUT2D eigenvalue weighted by Gasteiger charge is 2.03. The third kappa shape index (κ3) is 5.46. The Hall–Kier alpha value is -2.20. The third-order valence-electron chi connectivity index (χ3n) is 3.96. The maximum absolute atomic E-state index is 10.7. The molecule has 1 N–H and O–H groups in total. The van der Waals surface area contributed by atoms with Crippen LogP contribution in [0.1, 0.15) is 37.0 Å². The van der Waals surface area contributed by atoms with Crippen LogP contribution in [-0.2, 0) is 0 Å². The van der Waals surface area contributed by atoms with Crippen molar-refractivity contribution in [2.24, 2.45) is 0 Å². The zero-order valence-electron chi connectivity index (χ0n) is 14.7.